The molecule has 1 unspecified atom stereocenters. The van der Waals surface area contributed by atoms with Gasteiger partial charge in [0.1, 0.15) is 5.75 Å². The van der Waals surface area contributed by atoms with Gasteiger partial charge < -0.3 is 15.2 Å². The van der Waals surface area contributed by atoms with Gasteiger partial charge in [-0.25, -0.2) is 0 Å². The summed E-state index contributed by atoms with van der Waals surface area (Å²) < 4.78 is 42.8. The molecule has 0 saturated heterocycles. The van der Waals surface area contributed by atoms with Crippen molar-refractivity contribution in [3.8, 4) is 5.75 Å². The lowest BCUT2D eigenvalue weighted by Crippen LogP contribution is -2.33. The van der Waals surface area contributed by atoms with Gasteiger partial charge in [0, 0.05) is 6.42 Å². The Morgan fingerprint density at radius 1 is 1.04 bits per heavy atom. The quantitative estimate of drug-likeness (QED) is 0.729. The van der Waals surface area contributed by atoms with Gasteiger partial charge in [0.2, 0.25) is 0 Å². The summed E-state index contributed by atoms with van der Waals surface area (Å²) >= 11 is 0. The Morgan fingerprint density at radius 2 is 1.67 bits per heavy atom. The monoisotopic (exact) mass is 381 g/mol. The third-order valence-electron chi connectivity index (χ3n) is 3.74. The lowest BCUT2D eigenvalue weighted by molar-refractivity contribution is -0.138. The standard InChI is InChI=1S/C19H18F3NO4/c20-19(21,22)14-6-8-15(9-7-14)27-12-17(24)23-16(10-11-18(25)26)13-4-2-1-3-5-13/h1-9,16H,10-12H2,(H,23,24)(H,25,26). The highest BCUT2D eigenvalue weighted by Crippen LogP contribution is 2.30. The van der Waals surface area contributed by atoms with Crippen LogP contribution in [0, 0.1) is 0 Å². The normalized spacial score (nSPS) is 12.3. The lowest BCUT2D eigenvalue weighted by Gasteiger charge is -2.19. The van der Waals surface area contributed by atoms with Gasteiger partial charge in [-0.2, -0.15) is 13.2 Å². The fourth-order valence-electron chi connectivity index (χ4n) is 2.40. The number of aliphatic carboxylic acids is 1. The van der Waals surface area contributed by atoms with E-state index in [2.05, 4.69) is 5.32 Å². The fraction of sp³-hybridized carbons (Fsp3) is 0.263. The SMILES string of the molecule is O=C(O)CCC(NC(=O)COc1ccc(C(F)(F)F)cc1)c1ccccc1. The van der Waals surface area contributed by atoms with E-state index in [0.717, 1.165) is 29.8 Å². The van der Waals surface area contributed by atoms with Crippen LogP contribution in [0.2, 0.25) is 0 Å². The fourth-order valence-corrected chi connectivity index (χ4v) is 2.40. The first-order chi connectivity index (χ1) is 12.8. The second kappa shape index (κ2) is 9.07. The Hall–Kier alpha value is -3.03. The summed E-state index contributed by atoms with van der Waals surface area (Å²) in [5.41, 5.74) is -0.0567. The summed E-state index contributed by atoms with van der Waals surface area (Å²) in [5.74, 6) is -1.36. The van der Waals surface area contributed by atoms with E-state index < -0.39 is 36.3 Å². The predicted octanol–water partition coefficient (Wildman–Crippen LogP) is 3.81. The zero-order chi connectivity index (χ0) is 19.9. The van der Waals surface area contributed by atoms with Crippen molar-refractivity contribution < 1.29 is 32.6 Å². The molecule has 2 aromatic rings. The van der Waals surface area contributed by atoms with E-state index in [4.69, 9.17) is 9.84 Å². The number of carbonyl (C=O) groups is 2. The third-order valence-corrected chi connectivity index (χ3v) is 3.74. The van der Waals surface area contributed by atoms with Crippen LogP contribution in [-0.2, 0) is 15.8 Å². The first kappa shape index (κ1) is 20.3. The zero-order valence-electron chi connectivity index (χ0n) is 14.2. The minimum atomic E-state index is -4.44. The Morgan fingerprint density at radius 3 is 2.22 bits per heavy atom. The Bertz CT molecular complexity index is 761. The van der Waals surface area contributed by atoms with Gasteiger partial charge in [-0.05, 0) is 36.2 Å². The summed E-state index contributed by atoms with van der Waals surface area (Å²) in [7, 11) is 0. The maximum atomic E-state index is 12.5. The van der Waals surface area contributed by atoms with Crippen LogP contribution >= 0.6 is 0 Å². The number of hydrogen-bond acceptors (Lipinski definition) is 3. The molecule has 27 heavy (non-hydrogen) atoms. The molecule has 0 radical (unpaired) electrons. The number of amides is 1. The summed E-state index contributed by atoms with van der Waals surface area (Å²) in [6.45, 7) is -0.401. The van der Waals surface area contributed by atoms with Gasteiger partial charge >= 0.3 is 12.1 Å². The van der Waals surface area contributed by atoms with Crippen molar-refractivity contribution in [2.75, 3.05) is 6.61 Å². The molecule has 1 amide bonds. The van der Waals surface area contributed by atoms with Gasteiger partial charge in [0.15, 0.2) is 6.61 Å². The number of ether oxygens (including phenoxy) is 1. The highest BCUT2D eigenvalue weighted by molar-refractivity contribution is 5.78. The van der Waals surface area contributed by atoms with Crippen LogP contribution < -0.4 is 10.1 Å². The average molecular weight is 381 g/mol. The smallest absolute Gasteiger partial charge is 0.416 e. The number of alkyl halides is 3. The number of halogens is 3. The molecule has 1 atom stereocenters. The maximum Gasteiger partial charge on any atom is 0.416 e. The van der Waals surface area contributed by atoms with Gasteiger partial charge in [0.25, 0.3) is 5.91 Å². The molecule has 0 aliphatic carbocycles. The maximum absolute atomic E-state index is 12.5. The molecule has 0 aliphatic heterocycles. The number of carboxylic acid groups (broad SMARTS) is 1. The molecular formula is C19H18F3NO4. The number of carboxylic acids is 1. The highest BCUT2D eigenvalue weighted by atomic mass is 19.4. The number of nitrogens with one attached hydrogen (secondary N) is 1. The Kier molecular flexibility index (Phi) is 6.81. The van der Waals surface area contributed by atoms with Crippen LogP contribution in [0.3, 0.4) is 0 Å². The first-order valence-corrected chi connectivity index (χ1v) is 8.12. The average Bonchev–Trinajstić information content (AvgIpc) is 2.63. The lowest BCUT2D eigenvalue weighted by atomic mass is 10.0. The van der Waals surface area contributed by atoms with E-state index in [1.54, 1.807) is 30.3 Å². The van der Waals surface area contributed by atoms with E-state index in [-0.39, 0.29) is 18.6 Å². The Balaban J connectivity index is 1.94. The number of carbonyl (C=O) groups excluding carboxylic acids is 1. The van der Waals surface area contributed by atoms with Gasteiger partial charge in [-0.15, -0.1) is 0 Å². The van der Waals surface area contributed by atoms with Crippen molar-refractivity contribution >= 4 is 11.9 Å². The molecule has 2 N–H and O–H groups in total. The van der Waals surface area contributed by atoms with Crippen molar-refractivity contribution in [3.63, 3.8) is 0 Å². The number of benzene rings is 2. The van der Waals surface area contributed by atoms with Crippen LogP contribution in [0.25, 0.3) is 0 Å². The first-order valence-electron chi connectivity index (χ1n) is 8.12. The van der Waals surface area contributed by atoms with Crippen LogP contribution in [0.15, 0.2) is 54.6 Å². The van der Waals surface area contributed by atoms with Crippen molar-refractivity contribution in [1.29, 1.82) is 0 Å². The predicted molar refractivity (Wildman–Crippen MR) is 91.1 cm³/mol. The second-order valence-corrected chi connectivity index (χ2v) is 5.77. The molecule has 0 saturated carbocycles. The van der Waals surface area contributed by atoms with E-state index in [1.165, 1.54) is 0 Å². The topological polar surface area (TPSA) is 75.6 Å². The molecule has 2 aromatic carbocycles. The largest absolute Gasteiger partial charge is 0.484 e. The van der Waals surface area contributed by atoms with Crippen LogP contribution in [0.4, 0.5) is 13.2 Å². The third kappa shape index (κ3) is 6.65. The molecule has 0 aromatic heterocycles. The molecule has 2 rings (SSSR count). The van der Waals surface area contributed by atoms with Crippen LogP contribution in [0.5, 0.6) is 5.75 Å². The van der Waals surface area contributed by atoms with E-state index in [0.29, 0.717) is 0 Å². The van der Waals surface area contributed by atoms with Gasteiger partial charge in [-0.3, -0.25) is 9.59 Å². The van der Waals surface area contributed by atoms with Crippen LogP contribution in [0.1, 0.15) is 30.0 Å². The van der Waals surface area contributed by atoms with E-state index in [1.807, 2.05) is 0 Å². The molecule has 144 valence electrons. The van der Waals surface area contributed by atoms with Crippen molar-refractivity contribution in [3.05, 3.63) is 65.7 Å². The summed E-state index contributed by atoms with van der Waals surface area (Å²) in [6.07, 6.45) is -4.37. The zero-order valence-corrected chi connectivity index (χ0v) is 14.2. The molecule has 0 bridgehead atoms. The molecule has 0 fully saturated rings. The van der Waals surface area contributed by atoms with E-state index in [9.17, 15) is 22.8 Å². The summed E-state index contributed by atoms with van der Waals surface area (Å²) in [6, 6.07) is 12.4. The second-order valence-electron chi connectivity index (χ2n) is 5.77. The number of rotatable bonds is 8. The molecule has 0 spiro atoms. The number of hydrogen-bond donors (Lipinski definition) is 2. The van der Waals surface area contributed by atoms with E-state index >= 15 is 0 Å². The summed E-state index contributed by atoms with van der Waals surface area (Å²) in [4.78, 5) is 22.9. The Labute approximate surface area is 153 Å². The van der Waals surface area contributed by atoms with Gasteiger partial charge in [-0.1, -0.05) is 30.3 Å². The molecule has 5 nitrogen and oxygen atoms in total. The summed E-state index contributed by atoms with van der Waals surface area (Å²) in [5, 5.41) is 11.5. The molecular weight excluding hydrogens is 363 g/mol. The van der Waals surface area contributed by atoms with Crippen molar-refractivity contribution in [1.82, 2.24) is 5.32 Å². The van der Waals surface area contributed by atoms with Crippen molar-refractivity contribution in [2.24, 2.45) is 0 Å². The minimum absolute atomic E-state index is 0.125. The molecule has 0 aliphatic rings. The van der Waals surface area contributed by atoms with Crippen LogP contribution in [-0.4, -0.2) is 23.6 Å². The molecule has 8 heteroatoms. The minimum Gasteiger partial charge on any atom is -0.484 e. The van der Waals surface area contributed by atoms with Crippen molar-refractivity contribution in [2.45, 2.75) is 25.1 Å². The van der Waals surface area contributed by atoms with Gasteiger partial charge in [0.05, 0.1) is 11.6 Å². The highest BCUT2D eigenvalue weighted by Gasteiger charge is 2.30. The molecule has 0 heterocycles.